The highest BCUT2D eigenvalue weighted by Crippen LogP contribution is 2.39. The molecule has 0 radical (unpaired) electrons. The quantitative estimate of drug-likeness (QED) is 0.619. The van der Waals surface area contributed by atoms with E-state index in [9.17, 15) is 14.0 Å². The van der Waals surface area contributed by atoms with Gasteiger partial charge in [-0.3, -0.25) is 14.5 Å². The molecule has 160 valence electrons. The van der Waals surface area contributed by atoms with Gasteiger partial charge in [0.2, 0.25) is 5.76 Å². The molecule has 3 aromatic rings. The average molecular weight is 443 g/mol. The summed E-state index contributed by atoms with van der Waals surface area (Å²) in [5.41, 5.74) is 0.343. The van der Waals surface area contributed by atoms with Crippen LogP contribution in [-0.4, -0.2) is 55.1 Å². The first-order chi connectivity index (χ1) is 15.0. The lowest BCUT2D eigenvalue weighted by Crippen LogP contribution is -2.42. The number of halogens is 2. The van der Waals surface area contributed by atoms with Gasteiger partial charge in [0, 0.05) is 36.8 Å². The first-order valence-electron chi connectivity index (χ1n) is 10.2. The number of hydrogen-bond donors (Lipinski definition) is 0. The van der Waals surface area contributed by atoms with Crippen LogP contribution in [0.25, 0.3) is 11.0 Å². The van der Waals surface area contributed by atoms with E-state index in [1.54, 1.807) is 30.3 Å². The molecule has 5 rings (SSSR count). The number of ether oxygens (including phenoxy) is 1. The molecule has 6 nitrogen and oxygen atoms in total. The lowest BCUT2D eigenvalue weighted by Gasteiger charge is -2.31. The van der Waals surface area contributed by atoms with Gasteiger partial charge in [-0.2, -0.15) is 0 Å². The van der Waals surface area contributed by atoms with Crippen molar-refractivity contribution in [2.45, 2.75) is 6.04 Å². The number of carbonyl (C=O) groups excluding carboxylic acids is 1. The standard InChI is InChI=1S/C23H20ClFN2O4/c24-14-5-6-18-16(13-14)21(28)19-20(15-3-1-2-4-17(15)25)27(23(29)22(19)31-18)8-7-26-9-11-30-12-10-26/h1-6,13,20H,7-12H2/t20-/m1/s1. The minimum Gasteiger partial charge on any atom is -0.450 e. The summed E-state index contributed by atoms with van der Waals surface area (Å²) < 4.78 is 26.1. The SMILES string of the molecule is O=C1c2oc3ccc(Cl)cc3c(=O)c2[C@@H](c2ccccc2F)N1CCN1CCOCC1. The van der Waals surface area contributed by atoms with Gasteiger partial charge < -0.3 is 14.1 Å². The van der Waals surface area contributed by atoms with Crippen LogP contribution >= 0.6 is 11.6 Å². The molecular weight excluding hydrogens is 423 g/mol. The second-order valence-corrected chi connectivity index (χ2v) is 8.13. The van der Waals surface area contributed by atoms with E-state index in [0.29, 0.717) is 31.3 Å². The fourth-order valence-corrected chi connectivity index (χ4v) is 4.49. The zero-order valence-corrected chi connectivity index (χ0v) is 17.4. The molecule has 0 bridgehead atoms. The molecule has 1 amide bonds. The molecule has 2 aliphatic heterocycles. The van der Waals surface area contributed by atoms with Gasteiger partial charge in [-0.1, -0.05) is 29.8 Å². The van der Waals surface area contributed by atoms with Gasteiger partial charge in [-0.15, -0.1) is 0 Å². The number of nitrogens with zero attached hydrogens (tertiary/aromatic N) is 2. The lowest BCUT2D eigenvalue weighted by atomic mass is 9.98. The average Bonchev–Trinajstić information content (AvgIpc) is 3.06. The number of morpholine rings is 1. The van der Waals surface area contributed by atoms with Crippen LogP contribution in [0, 0.1) is 5.82 Å². The third-order valence-electron chi connectivity index (χ3n) is 5.89. The van der Waals surface area contributed by atoms with Gasteiger partial charge >= 0.3 is 0 Å². The third kappa shape index (κ3) is 3.52. The highest BCUT2D eigenvalue weighted by molar-refractivity contribution is 6.31. The Hall–Kier alpha value is -2.74. The number of carbonyl (C=O) groups is 1. The van der Waals surface area contributed by atoms with Crippen LogP contribution in [0.1, 0.15) is 27.7 Å². The Morgan fingerprint density at radius 3 is 2.61 bits per heavy atom. The van der Waals surface area contributed by atoms with Crippen molar-refractivity contribution in [2.75, 3.05) is 39.4 Å². The van der Waals surface area contributed by atoms with E-state index >= 15 is 0 Å². The van der Waals surface area contributed by atoms with Gasteiger partial charge in [0.05, 0.1) is 30.2 Å². The number of hydrogen-bond acceptors (Lipinski definition) is 5. The second kappa shape index (κ2) is 8.07. The van der Waals surface area contributed by atoms with Crippen LogP contribution in [0.15, 0.2) is 51.7 Å². The summed E-state index contributed by atoms with van der Waals surface area (Å²) in [5, 5.41) is 0.658. The first kappa shape index (κ1) is 20.2. The fourth-order valence-electron chi connectivity index (χ4n) is 4.32. The normalized spacial score (nSPS) is 19.2. The number of amides is 1. The van der Waals surface area contributed by atoms with Crippen LogP contribution in [0.5, 0.6) is 0 Å². The predicted molar refractivity (Wildman–Crippen MR) is 114 cm³/mol. The van der Waals surface area contributed by atoms with E-state index in [2.05, 4.69) is 4.90 Å². The Bertz CT molecular complexity index is 1220. The number of benzene rings is 2. The molecule has 0 saturated carbocycles. The summed E-state index contributed by atoms with van der Waals surface area (Å²) in [7, 11) is 0. The molecule has 0 aliphatic carbocycles. The van der Waals surface area contributed by atoms with E-state index < -0.39 is 17.8 Å². The second-order valence-electron chi connectivity index (χ2n) is 7.69. The predicted octanol–water partition coefficient (Wildman–Crippen LogP) is 3.46. The maximum absolute atomic E-state index is 14.8. The topological polar surface area (TPSA) is 63.0 Å². The number of fused-ring (bicyclic) bond motifs is 2. The Labute approximate surface area is 182 Å². The largest absolute Gasteiger partial charge is 0.450 e. The van der Waals surface area contributed by atoms with Gasteiger partial charge in [-0.05, 0) is 24.3 Å². The Kier molecular flexibility index (Phi) is 5.25. The molecule has 31 heavy (non-hydrogen) atoms. The van der Waals surface area contributed by atoms with Crippen LogP contribution in [0.2, 0.25) is 5.02 Å². The van der Waals surface area contributed by atoms with E-state index in [4.69, 9.17) is 20.8 Å². The molecule has 3 heterocycles. The van der Waals surface area contributed by atoms with E-state index in [-0.39, 0.29) is 33.3 Å². The lowest BCUT2D eigenvalue weighted by molar-refractivity contribution is 0.0314. The molecule has 1 atom stereocenters. The van der Waals surface area contributed by atoms with Crippen LogP contribution in [0.4, 0.5) is 4.39 Å². The van der Waals surface area contributed by atoms with Gasteiger partial charge in [0.25, 0.3) is 5.91 Å². The Morgan fingerprint density at radius 1 is 1.06 bits per heavy atom. The van der Waals surface area contributed by atoms with Crippen LogP contribution in [-0.2, 0) is 4.74 Å². The smallest absolute Gasteiger partial charge is 0.290 e. The van der Waals surface area contributed by atoms with Crippen molar-refractivity contribution in [2.24, 2.45) is 0 Å². The molecule has 2 aromatic carbocycles. The zero-order valence-electron chi connectivity index (χ0n) is 16.6. The van der Waals surface area contributed by atoms with Crippen molar-refractivity contribution in [1.82, 2.24) is 9.80 Å². The van der Waals surface area contributed by atoms with Crippen molar-refractivity contribution < 1.29 is 18.3 Å². The Balaban J connectivity index is 1.63. The van der Waals surface area contributed by atoms with Crippen molar-refractivity contribution >= 4 is 28.5 Å². The molecule has 0 spiro atoms. The summed E-state index contributed by atoms with van der Waals surface area (Å²) in [6.45, 7) is 3.72. The van der Waals surface area contributed by atoms with Gasteiger partial charge in [0.1, 0.15) is 11.4 Å². The first-order valence-corrected chi connectivity index (χ1v) is 10.5. The monoisotopic (exact) mass is 442 g/mol. The maximum Gasteiger partial charge on any atom is 0.290 e. The molecule has 8 heteroatoms. The highest BCUT2D eigenvalue weighted by atomic mass is 35.5. The van der Waals surface area contributed by atoms with Crippen molar-refractivity contribution in [3.05, 3.63) is 80.4 Å². The van der Waals surface area contributed by atoms with E-state index in [0.717, 1.165) is 13.1 Å². The van der Waals surface area contributed by atoms with Crippen molar-refractivity contribution in [3.8, 4) is 0 Å². The molecular formula is C23H20ClFN2O4. The van der Waals surface area contributed by atoms with E-state index in [1.165, 1.54) is 17.0 Å². The molecule has 0 N–H and O–H groups in total. The molecule has 0 unspecified atom stereocenters. The highest BCUT2D eigenvalue weighted by Gasteiger charge is 2.43. The van der Waals surface area contributed by atoms with Crippen LogP contribution < -0.4 is 5.43 Å². The summed E-state index contributed by atoms with van der Waals surface area (Å²) >= 11 is 6.08. The third-order valence-corrected chi connectivity index (χ3v) is 6.12. The summed E-state index contributed by atoms with van der Waals surface area (Å²) in [6, 6.07) is 10.0. The Morgan fingerprint density at radius 2 is 1.84 bits per heavy atom. The molecule has 1 saturated heterocycles. The summed E-state index contributed by atoms with van der Waals surface area (Å²) in [6.07, 6.45) is 0. The minimum absolute atomic E-state index is 0.0324. The molecule has 1 fully saturated rings. The van der Waals surface area contributed by atoms with Gasteiger partial charge in [0.15, 0.2) is 5.43 Å². The fraction of sp³-hybridized carbons (Fsp3) is 0.304. The minimum atomic E-state index is -0.857. The van der Waals surface area contributed by atoms with Gasteiger partial charge in [-0.25, -0.2) is 4.39 Å². The number of rotatable bonds is 4. The summed E-state index contributed by atoms with van der Waals surface area (Å²) in [5.74, 6) is -0.921. The van der Waals surface area contributed by atoms with Crippen molar-refractivity contribution in [1.29, 1.82) is 0 Å². The maximum atomic E-state index is 14.8. The summed E-state index contributed by atoms with van der Waals surface area (Å²) in [4.78, 5) is 30.5. The van der Waals surface area contributed by atoms with Crippen molar-refractivity contribution in [3.63, 3.8) is 0 Å². The molecule has 2 aliphatic rings. The zero-order chi connectivity index (χ0) is 21.5. The molecule has 1 aromatic heterocycles. The van der Waals surface area contributed by atoms with Crippen LogP contribution in [0.3, 0.4) is 0 Å². The van der Waals surface area contributed by atoms with E-state index in [1.807, 2.05) is 0 Å².